The monoisotopic (exact) mass is 357 g/mol. The molecule has 7 heteroatoms. The Bertz CT molecular complexity index is 787. The summed E-state index contributed by atoms with van der Waals surface area (Å²) in [5, 5.41) is 8.59. The molecule has 1 saturated heterocycles. The number of hydrogen-bond acceptors (Lipinski definition) is 5. The number of nitrogens with one attached hydrogen (secondary N) is 2. The first-order valence-electron chi connectivity index (χ1n) is 8.38. The maximum Gasteiger partial charge on any atom is 0.328 e. The first-order chi connectivity index (χ1) is 12.6. The Kier molecular flexibility index (Phi) is 5.93. The number of nitrogens with zero attached hydrogens (tertiary/aromatic N) is 1. The molecule has 0 radical (unpaired) electrons. The Morgan fingerprint density at radius 3 is 2.92 bits per heavy atom. The van der Waals surface area contributed by atoms with Crippen LogP contribution in [0.15, 0.2) is 42.6 Å². The molecule has 0 amide bonds. The topological polar surface area (TPSA) is 83.5 Å². The molecule has 1 aliphatic heterocycles. The summed E-state index contributed by atoms with van der Waals surface area (Å²) in [4.78, 5) is 14.9. The first-order valence-corrected chi connectivity index (χ1v) is 8.38. The highest BCUT2D eigenvalue weighted by Gasteiger charge is 2.16. The summed E-state index contributed by atoms with van der Waals surface area (Å²) >= 11 is 0. The van der Waals surface area contributed by atoms with Gasteiger partial charge in [-0.1, -0.05) is 12.1 Å². The predicted octanol–water partition coefficient (Wildman–Crippen LogP) is 2.48. The Hall–Kier alpha value is -2.77. The summed E-state index contributed by atoms with van der Waals surface area (Å²) in [6.07, 6.45) is 5.37. The molecule has 3 rings (SSSR count). The van der Waals surface area contributed by atoms with Gasteiger partial charge >= 0.3 is 5.97 Å². The summed E-state index contributed by atoms with van der Waals surface area (Å²) in [6.45, 7) is 1.32. The van der Waals surface area contributed by atoms with Gasteiger partial charge in [-0.15, -0.1) is 0 Å². The fourth-order valence-corrected chi connectivity index (χ4v) is 2.70. The van der Waals surface area contributed by atoms with Crippen LogP contribution in [0.3, 0.4) is 0 Å². The van der Waals surface area contributed by atoms with Gasteiger partial charge in [0.05, 0.1) is 24.5 Å². The van der Waals surface area contributed by atoms with Crippen LogP contribution >= 0.6 is 0 Å². The smallest absolute Gasteiger partial charge is 0.328 e. The number of rotatable bonds is 7. The quantitative estimate of drug-likeness (QED) is 0.661. The lowest BCUT2D eigenvalue weighted by Gasteiger charge is -2.10. The Labute approximate surface area is 150 Å². The molecule has 2 aromatic rings. The molecule has 0 aliphatic carbocycles. The van der Waals surface area contributed by atoms with Crippen molar-refractivity contribution in [2.24, 2.45) is 0 Å². The number of pyridine rings is 1. The third-order valence-electron chi connectivity index (χ3n) is 4.08. The van der Waals surface area contributed by atoms with Crippen LogP contribution in [-0.4, -0.2) is 29.2 Å². The van der Waals surface area contributed by atoms with Crippen LogP contribution in [0.25, 0.3) is 6.08 Å². The zero-order chi connectivity index (χ0) is 18.4. The SMILES string of the molecule is O=C(O)/C=C/c1ccc(CCOc2ccc(C3CCNN3)nc2)cc1F. The molecule has 26 heavy (non-hydrogen) atoms. The van der Waals surface area contributed by atoms with Crippen molar-refractivity contribution in [1.82, 2.24) is 15.8 Å². The minimum absolute atomic E-state index is 0.223. The molecule has 1 unspecified atom stereocenters. The van der Waals surface area contributed by atoms with E-state index in [4.69, 9.17) is 9.84 Å². The summed E-state index contributed by atoms with van der Waals surface area (Å²) in [6, 6.07) is 8.74. The first kappa shape index (κ1) is 18.0. The van der Waals surface area contributed by atoms with Gasteiger partial charge in [0.15, 0.2) is 0 Å². The van der Waals surface area contributed by atoms with Gasteiger partial charge in [-0.3, -0.25) is 10.4 Å². The van der Waals surface area contributed by atoms with Crippen molar-refractivity contribution >= 4 is 12.0 Å². The number of aliphatic carboxylic acids is 1. The highest BCUT2D eigenvalue weighted by atomic mass is 19.1. The lowest BCUT2D eigenvalue weighted by Crippen LogP contribution is -2.25. The molecular weight excluding hydrogens is 337 g/mol. The van der Waals surface area contributed by atoms with Crippen molar-refractivity contribution in [3.8, 4) is 5.75 Å². The van der Waals surface area contributed by atoms with Crippen molar-refractivity contribution in [2.75, 3.05) is 13.2 Å². The average Bonchev–Trinajstić information content (AvgIpc) is 3.16. The summed E-state index contributed by atoms with van der Waals surface area (Å²) in [5.41, 5.74) is 8.22. The van der Waals surface area contributed by atoms with E-state index < -0.39 is 11.8 Å². The maximum atomic E-state index is 13.9. The molecule has 1 aliphatic rings. The minimum Gasteiger partial charge on any atom is -0.492 e. The molecule has 1 atom stereocenters. The van der Waals surface area contributed by atoms with Crippen molar-refractivity contribution in [1.29, 1.82) is 0 Å². The molecule has 1 fully saturated rings. The van der Waals surface area contributed by atoms with Gasteiger partial charge < -0.3 is 9.84 Å². The van der Waals surface area contributed by atoms with E-state index in [0.29, 0.717) is 18.8 Å². The molecule has 2 heterocycles. The molecule has 136 valence electrons. The molecule has 6 nitrogen and oxygen atoms in total. The molecule has 1 aromatic carbocycles. The summed E-state index contributed by atoms with van der Waals surface area (Å²) < 4.78 is 19.6. The van der Waals surface area contributed by atoms with Crippen molar-refractivity contribution < 1.29 is 19.0 Å². The highest BCUT2D eigenvalue weighted by Crippen LogP contribution is 2.19. The van der Waals surface area contributed by atoms with Crippen LogP contribution in [0.1, 0.15) is 29.3 Å². The number of carboxylic acid groups (broad SMARTS) is 1. The number of ether oxygens (including phenoxy) is 1. The molecular formula is C19H20FN3O3. The fourth-order valence-electron chi connectivity index (χ4n) is 2.70. The van der Waals surface area contributed by atoms with Crippen LogP contribution in [0.4, 0.5) is 4.39 Å². The zero-order valence-corrected chi connectivity index (χ0v) is 14.1. The van der Waals surface area contributed by atoms with Crippen LogP contribution in [0, 0.1) is 5.82 Å². The number of benzene rings is 1. The van der Waals surface area contributed by atoms with E-state index in [2.05, 4.69) is 15.8 Å². The van der Waals surface area contributed by atoms with E-state index in [1.165, 1.54) is 12.1 Å². The largest absolute Gasteiger partial charge is 0.492 e. The molecule has 0 spiro atoms. The third-order valence-corrected chi connectivity index (χ3v) is 4.08. The zero-order valence-electron chi connectivity index (χ0n) is 14.1. The normalized spacial score (nSPS) is 16.9. The summed E-state index contributed by atoms with van der Waals surface area (Å²) in [7, 11) is 0. The molecule has 0 saturated carbocycles. The number of aromatic nitrogens is 1. The van der Waals surface area contributed by atoms with Crippen molar-refractivity contribution in [3.05, 3.63) is 65.2 Å². The van der Waals surface area contributed by atoms with Gasteiger partial charge in [-0.2, -0.15) is 0 Å². The Balaban J connectivity index is 1.51. The van der Waals surface area contributed by atoms with Crippen molar-refractivity contribution in [2.45, 2.75) is 18.9 Å². The molecule has 0 bridgehead atoms. The van der Waals surface area contributed by atoms with E-state index in [0.717, 1.165) is 30.3 Å². The van der Waals surface area contributed by atoms with Crippen molar-refractivity contribution in [3.63, 3.8) is 0 Å². The van der Waals surface area contributed by atoms with E-state index >= 15 is 0 Å². The number of carboxylic acids is 1. The second-order valence-electron chi connectivity index (χ2n) is 5.96. The van der Waals surface area contributed by atoms with Gasteiger partial charge in [0.25, 0.3) is 0 Å². The van der Waals surface area contributed by atoms with Gasteiger partial charge in [-0.05, 0) is 36.3 Å². The number of hydrogen-bond donors (Lipinski definition) is 3. The summed E-state index contributed by atoms with van der Waals surface area (Å²) in [5.74, 6) is -0.897. The lowest BCUT2D eigenvalue weighted by atomic mass is 10.1. The number of hydrazine groups is 1. The van der Waals surface area contributed by atoms with Gasteiger partial charge in [-0.25, -0.2) is 14.6 Å². The number of halogens is 1. The Morgan fingerprint density at radius 2 is 2.27 bits per heavy atom. The standard InChI is InChI=1S/C19H20FN3O3/c20-16-11-13(1-2-14(16)3-6-19(24)25)8-10-26-15-4-5-17(21-12-15)18-7-9-22-23-18/h1-6,11-12,18,22-23H,7-10H2,(H,24,25)/b6-3+. The second kappa shape index (κ2) is 8.55. The second-order valence-corrected chi connectivity index (χ2v) is 5.96. The van der Waals surface area contributed by atoms with Crippen LogP contribution < -0.4 is 15.6 Å². The van der Waals surface area contributed by atoms with E-state index in [1.54, 1.807) is 18.3 Å². The maximum absolute atomic E-state index is 13.9. The van der Waals surface area contributed by atoms with Crippen LogP contribution in [-0.2, 0) is 11.2 Å². The molecule has 1 aromatic heterocycles. The van der Waals surface area contributed by atoms with Crippen LogP contribution in [0.5, 0.6) is 5.75 Å². The van der Waals surface area contributed by atoms with E-state index in [1.807, 2.05) is 12.1 Å². The van der Waals surface area contributed by atoms with Gasteiger partial charge in [0, 0.05) is 24.6 Å². The predicted molar refractivity (Wildman–Crippen MR) is 95.0 cm³/mol. The average molecular weight is 357 g/mol. The van der Waals surface area contributed by atoms with E-state index in [-0.39, 0.29) is 11.6 Å². The highest BCUT2D eigenvalue weighted by molar-refractivity contribution is 5.85. The number of carbonyl (C=O) groups is 1. The van der Waals surface area contributed by atoms with Crippen LogP contribution in [0.2, 0.25) is 0 Å². The third kappa shape index (κ3) is 4.87. The fraction of sp³-hybridized carbons (Fsp3) is 0.263. The van der Waals surface area contributed by atoms with Gasteiger partial charge in [0.1, 0.15) is 11.6 Å². The lowest BCUT2D eigenvalue weighted by molar-refractivity contribution is -0.131. The minimum atomic E-state index is -1.11. The molecule has 3 N–H and O–H groups in total. The van der Waals surface area contributed by atoms with Gasteiger partial charge in [0.2, 0.25) is 0 Å². The van der Waals surface area contributed by atoms with E-state index in [9.17, 15) is 9.18 Å². The Morgan fingerprint density at radius 1 is 1.38 bits per heavy atom.